The first-order valence-corrected chi connectivity index (χ1v) is 2.35. The zero-order chi connectivity index (χ0) is 4.50. The predicted molar refractivity (Wildman–Crippen MR) is 25.3 cm³/mol. The second-order valence-electron chi connectivity index (χ2n) is 0.513. The molecule has 0 saturated carbocycles. The Balaban J connectivity index is -0.0000000133. The Morgan fingerprint density at radius 2 is 1.25 bits per heavy atom. The molecule has 0 aliphatic heterocycles. The first-order chi connectivity index (χ1) is 2.00. The molecule has 0 amide bonds. The zero-order valence-corrected chi connectivity index (χ0v) is 7.73. The van der Waals surface area contributed by atoms with Gasteiger partial charge in [0.25, 0.3) is 0 Å². The maximum absolute atomic E-state index is 8.88. The second-order valence-corrected chi connectivity index (χ2v) is 1.54. The molecule has 0 saturated heterocycles. The number of hydrogen-bond acceptors (Lipinski definition) is 1. The van der Waals surface area contributed by atoms with Crippen LogP contribution in [-0.4, -0.2) is 32.0 Å². The van der Waals surface area contributed by atoms with Crippen LogP contribution >= 0.6 is 7.82 Å². The van der Waals surface area contributed by atoms with Gasteiger partial charge in [0.05, 0.1) is 0 Å². The van der Waals surface area contributed by atoms with Crippen molar-refractivity contribution in [2.45, 2.75) is 0 Å². The Morgan fingerprint density at radius 3 is 1.25 bits per heavy atom. The monoisotopic (exact) mass is 276 g/mol. The number of rotatable bonds is 0. The molecule has 0 atom stereocenters. The second kappa shape index (κ2) is 9.62. The summed E-state index contributed by atoms with van der Waals surface area (Å²) in [6.07, 6.45) is 0. The van der Waals surface area contributed by atoms with E-state index in [1.165, 1.54) is 0 Å². The average molecular weight is 276 g/mol. The van der Waals surface area contributed by atoms with Crippen LogP contribution in [-0.2, 0) is 4.57 Å². The van der Waals surface area contributed by atoms with Crippen LogP contribution < -0.4 is 18.9 Å². The van der Waals surface area contributed by atoms with Gasteiger partial charge in [0.15, 0.2) is 17.4 Å². The molecule has 4 nitrogen and oxygen atoms in total. The minimum atomic E-state index is -4.64. The normalized spacial score (nSPS) is 7.38. The molecule has 0 fully saturated rings. The fourth-order valence-corrected chi connectivity index (χ4v) is 0. The molecule has 0 aromatic rings. The maximum atomic E-state index is 8.88. The topological polar surface area (TPSA) is 77.8 Å². The Morgan fingerprint density at radius 1 is 1.25 bits per heavy atom. The molecular formula is H7AlCeLiO4P. The molecule has 0 aliphatic carbocycles. The summed E-state index contributed by atoms with van der Waals surface area (Å²) < 4.78 is 8.88. The van der Waals surface area contributed by atoms with Gasteiger partial charge in [0, 0.05) is 41.7 Å². The Hall–Kier alpha value is 2.62. The summed E-state index contributed by atoms with van der Waals surface area (Å²) in [7, 11) is -4.64. The Labute approximate surface area is 105 Å². The largest absolute Gasteiger partial charge is 1.00 e. The van der Waals surface area contributed by atoms with Gasteiger partial charge in [-0.1, -0.05) is 0 Å². The van der Waals surface area contributed by atoms with E-state index < -0.39 is 7.82 Å². The summed E-state index contributed by atoms with van der Waals surface area (Å²) in [5.74, 6) is 0. The fourth-order valence-electron chi connectivity index (χ4n) is 0. The van der Waals surface area contributed by atoms with Gasteiger partial charge in [-0.05, 0) is 0 Å². The molecule has 0 heterocycles. The van der Waals surface area contributed by atoms with Crippen LogP contribution in [0.2, 0.25) is 0 Å². The van der Waals surface area contributed by atoms with E-state index in [0.29, 0.717) is 0 Å². The average Bonchev–Trinajstić information content (AvgIpc) is 0.722. The first-order valence-electron chi connectivity index (χ1n) is 0.783. The molecule has 8 heteroatoms. The van der Waals surface area contributed by atoms with Crippen molar-refractivity contribution in [1.82, 2.24) is 0 Å². The van der Waals surface area contributed by atoms with Gasteiger partial charge in [-0.3, -0.25) is 0 Å². The van der Waals surface area contributed by atoms with Crippen molar-refractivity contribution < 1.29 is 81.3 Å². The van der Waals surface area contributed by atoms with E-state index >= 15 is 0 Å². The van der Waals surface area contributed by atoms with E-state index in [-0.39, 0.29) is 79.4 Å². The molecule has 0 aromatic heterocycles. The van der Waals surface area contributed by atoms with E-state index in [1.807, 2.05) is 0 Å². The van der Waals surface area contributed by atoms with Gasteiger partial charge in [-0.2, -0.15) is 0 Å². The van der Waals surface area contributed by atoms with E-state index in [9.17, 15) is 0 Å². The van der Waals surface area contributed by atoms with Gasteiger partial charge in [0.1, 0.15) is 0 Å². The number of phosphoric acid groups is 1. The van der Waals surface area contributed by atoms with E-state index in [4.69, 9.17) is 19.2 Å². The summed E-state index contributed by atoms with van der Waals surface area (Å²) in [4.78, 5) is 21.6. The third-order valence-electron chi connectivity index (χ3n) is 0. The van der Waals surface area contributed by atoms with Gasteiger partial charge >= 0.3 is 26.7 Å². The van der Waals surface area contributed by atoms with Gasteiger partial charge in [-0.25, -0.2) is 4.57 Å². The van der Waals surface area contributed by atoms with E-state index in [0.717, 1.165) is 0 Å². The summed E-state index contributed by atoms with van der Waals surface area (Å²) in [6.45, 7) is 0. The van der Waals surface area contributed by atoms with Gasteiger partial charge < -0.3 is 16.1 Å². The molecule has 0 unspecified atom stereocenters. The Kier molecular flexibility index (Phi) is 27.0. The van der Waals surface area contributed by atoms with Crippen molar-refractivity contribution in [2.24, 2.45) is 0 Å². The van der Waals surface area contributed by atoms with Gasteiger partial charge in [0.2, 0.25) is 0 Å². The summed E-state index contributed by atoms with van der Waals surface area (Å²) >= 11 is 0. The quantitative estimate of drug-likeness (QED) is 0.306. The van der Waals surface area contributed by atoms with Crippen LogP contribution in [0.4, 0.5) is 0 Å². The fraction of sp³-hybridized carbons (Fsp3) is 0. The molecule has 0 aromatic carbocycles. The van der Waals surface area contributed by atoms with Gasteiger partial charge in [-0.15, -0.1) is 0 Å². The van der Waals surface area contributed by atoms with Crippen molar-refractivity contribution in [3.63, 3.8) is 0 Å². The third kappa shape index (κ3) is 73.0. The molecule has 0 bridgehead atoms. The van der Waals surface area contributed by atoms with E-state index in [2.05, 4.69) is 0 Å². The van der Waals surface area contributed by atoms with Crippen LogP contribution in [0, 0.1) is 41.7 Å². The predicted octanol–water partition coefficient (Wildman–Crippen LogP) is -5.00. The summed E-state index contributed by atoms with van der Waals surface area (Å²) in [5, 5.41) is 0. The van der Waals surface area contributed by atoms with Crippen molar-refractivity contribution in [3.8, 4) is 0 Å². The standard InChI is InChI=1S/Al.Ce.Li.H3O4P.4H/c;;;1-5(2,3)4;;;;/h;;;(H3,1,2,3,4);;;;/q;;+1;;;;;-1. The van der Waals surface area contributed by atoms with Crippen LogP contribution in [0.25, 0.3) is 0 Å². The van der Waals surface area contributed by atoms with Crippen molar-refractivity contribution in [3.05, 3.63) is 0 Å². The molecule has 3 N–H and O–H groups in total. The summed E-state index contributed by atoms with van der Waals surface area (Å²) in [6, 6.07) is 0. The summed E-state index contributed by atoms with van der Waals surface area (Å²) in [5.41, 5.74) is 0. The van der Waals surface area contributed by atoms with Crippen molar-refractivity contribution >= 4 is 25.2 Å². The molecular weight excluding hydrogens is 269 g/mol. The molecule has 8 heavy (non-hydrogen) atoms. The maximum Gasteiger partial charge on any atom is 1.00 e. The van der Waals surface area contributed by atoms with Crippen molar-refractivity contribution in [1.29, 1.82) is 0 Å². The first kappa shape index (κ1) is 22.4. The van der Waals surface area contributed by atoms with E-state index in [1.54, 1.807) is 0 Å². The molecule has 0 spiro atoms. The molecule has 0 aliphatic rings. The molecule has 0 rings (SSSR count). The SMILES string of the molecule is O=P(O)(O)O.[AlH3].[Ce].[H-].[Li+]. The van der Waals surface area contributed by atoms with Crippen LogP contribution in [0.15, 0.2) is 0 Å². The Bertz CT molecular complexity index is 66.7. The smallest absolute Gasteiger partial charge is 1.00 e. The van der Waals surface area contributed by atoms with Crippen molar-refractivity contribution in [2.75, 3.05) is 0 Å². The molecule has 44 valence electrons. The number of hydrogen-bond donors (Lipinski definition) is 3. The zero-order valence-electron chi connectivity index (χ0n) is 4.70. The van der Waals surface area contributed by atoms with Crippen LogP contribution in [0.5, 0.6) is 0 Å². The molecule has 0 radical (unpaired) electrons. The third-order valence-corrected chi connectivity index (χ3v) is 0. The minimum absolute atomic E-state index is 0. The van der Waals surface area contributed by atoms with Crippen LogP contribution in [0.1, 0.15) is 1.43 Å². The van der Waals surface area contributed by atoms with Crippen LogP contribution in [0.3, 0.4) is 0 Å². The minimum Gasteiger partial charge on any atom is -1.00 e.